The van der Waals surface area contributed by atoms with Gasteiger partial charge in [0.25, 0.3) is 0 Å². The predicted molar refractivity (Wildman–Crippen MR) is 61.7 cm³/mol. The summed E-state index contributed by atoms with van der Waals surface area (Å²) in [4.78, 5) is 22.6. The van der Waals surface area contributed by atoms with Crippen molar-refractivity contribution in [2.75, 3.05) is 0 Å². The molecule has 6 heteroatoms. The lowest BCUT2D eigenvalue weighted by Gasteiger charge is -2.29. The highest BCUT2D eigenvalue weighted by molar-refractivity contribution is 5.84. The number of ether oxygens (including phenoxy) is 1. The second kappa shape index (κ2) is 5.35. The highest BCUT2D eigenvalue weighted by Gasteiger charge is 2.37. The number of amides is 1. The van der Waals surface area contributed by atoms with Gasteiger partial charge in [0, 0.05) is 6.42 Å². The number of nitrogens with one attached hydrogen (secondary N) is 1. The van der Waals surface area contributed by atoms with E-state index in [0.717, 1.165) is 0 Å². The summed E-state index contributed by atoms with van der Waals surface area (Å²) in [5.74, 6) is -1.22. The van der Waals surface area contributed by atoms with Crippen LogP contribution in [0.1, 0.15) is 41.0 Å². The van der Waals surface area contributed by atoms with Crippen molar-refractivity contribution in [1.29, 1.82) is 0 Å². The van der Waals surface area contributed by atoms with Gasteiger partial charge in [-0.05, 0) is 34.6 Å². The van der Waals surface area contributed by atoms with Gasteiger partial charge in [0.2, 0.25) is 0 Å². The fraction of sp³-hybridized carbons (Fsp3) is 0.818. The topological polar surface area (TPSA) is 95.9 Å². The third kappa shape index (κ3) is 6.11. The summed E-state index contributed by atoms with van der Waals surface area (Å²) in [6, 6.07) is 0. The van der Waals surface area contributed by atoms with Gasteiger partial charge in [0.15, 0.2) is 0 Å². The van der Waals surface area contributed by atoms with Gasteiger partial charge >= 0.3 is 12.1 Å². The first-order valence-corrected chi connectivity index (χ1v) is 5.39. The first-order chi connectivity index (χ1) is 7.46. The van der Waals surface area contributed by atoms with Crippen LogP contribution in [0, 0.1) is 0 Å². The number of hydrogen-bond donors (Lipinski definition) is 3. The van der Waals surface area contributed by atoms with Gasteiger partial charge in [-0.15, -0.1) is 0 Å². The SMILES string of the molecule is CC(O)CC(C)(NC(=O)OC(C)(C)C)C(=O)O. The molecule has 2 unspecified atom stereocenters. The largest absolute Gasteiger partial charge is 0.480 e. The molecule has 0 radical (unpaired) electrons. The van der Waals surface area contributed by atoms with E-state index in [0.29, 0.717) is 0 Å². The van der Waals surface area contributed by atoms with Crippen LogP contribution in [0.2, 0.25) is 0 Å². The Morgan fingerprint density at radius 3 is 2.06 bits per heavy atom. The minimum Gasteiger partial charge on any atom is -0.480 e. The van der Waals surface area contributed by atoms with Gasteiger partial charge in [0.1, 0.15) is 11.1 Å². The molecule has 0 aromatic carbocycles. The summed E-state index contributed by atoms with van der Waals surface area (Å²) in [5, 5.41) is 20.5. The first kappa shape index (κ1) is 15.7. The molecule has 0 rings (SSSR count). The minimum absolute atomic E-state index is 0.0957. The van der Waals surface area contributed by atoms with Gasteiger partial charge in [-0.1, -0.05) is 0 Å². The molecule has 6 nitrogen and oxygen atoms in total. The van der Waals surface area contributed by atoms with Gasteiger partial charge in [-0.2, -0.15) is 0 Å². The molecule has 0 saturated carbocycles. The Labute approximate surface area is 101 Å². The highest BCUT2D eigenvalue weighted by atomic mass is 16.6. The molecule has 0 aliphatic heterocycles. The summed E-state index contributed by atoms with van der Waals surface area (Å²) in [6.07, 6.45) is -1.75. The number of hydrogen-bond acceptors (Lipinski definition) is 4. The van der Waals surface area contributed by atoms with E-state index in [-0.39, 0.29) is 6.42 Å². The molecule has 0 saturated heterocycles. The Bertz CT molecular complexity index is 295. The third-order valence-corrected chi connectivity index (χ3v) is 1.95. The Balaban J connectivity index is 4.67. The molecule has 0 bridgehead atoms. The van der Waals surface area contributed by atoms with Crippen molar-refractivity contribution in [3.05, 3.63) is 0 Å². The third-order valence-electron chi connectivity index (χ3n) is 1.95. The Kier molecular flexibility index (Phi) is 4.94. The zero-order chi connectivity index (χ0) is 13.9. The van der Waals surface area contributed by atoms with E-state index < -0.39 is 29.3 Å². The monoisotopic (exact) mass is 247 g/mol. The Hall–Kier alpha value is -1.30. The normalized spacial score (nSPS) is 16.8. The number of aliphatic carboxylic acids is 1. The molecule has 100 valence electrons. The molecule has 2 atom stereocenters. The maximum atomic E-state index is 11.5. The van der Waals surface area contributed by atoms with Crippen molar-refractivity contribution in [2.45, 2.75) is 58.3 Å². The van der Waals surface area contributed by atoms with E-state index in [1.165, 1.54) is 13.8 Å². The van der Waals surface area contributed by atoms with Crippen LogP contribution in [0.25, 0.3) is 0 Å². The Morgan fingerprint density at radius 1 is 1.29 bits per heavy atom. The molecular formula is C11H21NO5. The number of carboxylic acid groups (broad SMARTS) is 1. The molecule has 0 aromatic heterocycles. The molecular weight excluding hydrogens is 226 g/mol. The average molecular weight is 247 g/mol. The van der Waals surface area contributed by atoms with Gasteiger partial charge in [0.05, 0.1) is 6.10 Å². The summed E-state index contributed by atoms with van der Waals surface area (Å²) < 4.78 is 4.97. The summed E-state index contributed by atoms with van der Waals surface area (Å²) in [7, 11) is 0. The fourth-order valence-corrected chi connectivity index (χ4v) is 1.31. The number of rotatable bonds is 4. The maximum Gasteiger partial charge on any atom is 0.408 e. The van der Waals surface area contributed by atoms with Crippen molar-refractivity contribution in [3.63, 3.8) is 0 Å². The van der Waals surface area contributed by atoms with Crippen LogP contribution < -0.4 is 5.32 Å². The lowest BCUT2D eigenvalue weighted by atomic mass is 9.95. The number of carbonyl (C=O) groups excluding carboxylic acids is 1. The lowest BCUT2D eigenvalue weighted by Crippen LogP contribution is -2.54. The lowest BCUT2D eigenvalue weighted by molar-refractivity contribution is -0.145. The molecule has 0 aliphatic carbocycles. The standard InChI is InChI=1S/C11H21NO5/c1-7(13)6-11(5,8(14)15)12-9(16)17-10(2,3)4/h7,13H,6H2,1-5H3,(H,12,16)(H,14,15). The second-order valence-electron chi connectivity index (χ2n) is 5.32. The number of alkyl carbamates (subject to hydrolysis) is 1. The quantitative estimate of drug-likeness (QED) is 0.692. The number of carboxylic acids is 1. The zero-order valence-electron chi connectivity index (χ0n) is 10.9. The Morgan fingerprint density at radius 2 is 1.76 bits per heavy atom. The molecule has 1 amide bonds. The van der Waals surface area contributed by atoms with Gasteiger partial charge < -0.3 is 20.3 Å². The summed E-state index contributed by atoms with van der Waals surface area (Å²) >= 11 is 0. The van der Waals surface area contributed by atoms with Crippen LogP contribution in [-0.2, 0) is 9.53 Å². The van der Waals surface area contributed by atoms with Crippen molar-refractivity contribution >= 4 is 12.1 Å². The number of carbonyl (C=O) groups is 2. The molecule has 0 fully saturated rings. The first-order valence-electron chi connectivity index (χ1n) is 5.39. The average Bonchev–Trinajstić information content (AvgIpc) is 1.96. The van der Waals surface area contributed by atoms with Crippen molar-refractivity contribution in [2.24, 2.45) is 0 Å². The van der Waals surface area contributed by atoms with E-state index in [4.69, 9.17) is 9.84 Å². The van der Waals surface area contributed by atoms with Gasteiger partial charge in [-0.25, -0.2) is 9.59 Å². The molecule has 3 N–H and O–H groups in total. The van der Waals surface area contributed by atoms with Crippen molar-refractivity contribution < 1.29 is 24.5 Å². The number of aliphatic hydroxyl groups is 1. The van der Waals surface area contributed by atoms with Crippen LogP contribution >= 0.6 is 0 Å². The van der Waals surface area contributed by atoms with E-state index in [9.17, 15) is 14.7 Å². The van der Waals surface area contributed by atoms with Crippen LogP contribution in [0.3, 0.4) is 0 Å². The molecule has 0 spiro atoms. The smallest absolute Gasteiger partial charge is 0.408 e. The molecule has 0 aliphatic rings. The maximum absolute atomic E-state index is 11.5. The zero-order valence-corrected chi connectivity index (χ0v) is 10.9. The van der Waals surface area contributed by atoms with Crippen LogP contribution in [-0.4, -0.2) is 39.5 Å². The van der Waals surface area contributed by atoms with E-state index in [1.807, 2.05) is 0 Å². The number of aliphatic hydroxyl groups excluding tert-OH is 1. The highest BCUT2D eigenvalue weighted by Crippen LogP contribution is 2.15. The van der Waals surface area contributed by atoms with Crippen LogP contribution in [0.4, 0.5) is 4.79 Å². The van der Waals surface area contributed by atoms with E-state index in [1.54, 1.807) is 20.8 Å². The van der Waals surface area contributed by atoms with Gasteiger partial charge in [-0.3, -0.25) is 0 Å². The minimum atomic E-state index is -1.55. The molecule has 0 aromatic rings. The van der Waals surface area contributed by atoms with Crippen molar-refractivity contribution in [1.82, 2.24) is 5.32 Å². The van der Waals surface area contributed by atoms with Crippen molar-refractivity contribution in [3.8, 4) is 0 Å². The molecule has 0 heterocycles. The summed E-state index contributed by atoms with van der Waals surface area (Å²) in [5.41, 5.74) is -2.25. The molecule has 17 heavy (non-hydrogen) atoms. The second-order valence-corrected chi connectivity index (χ2v) is 5.32. The van der Waals surface area contributed by atoms with E-state index >= 15 is 0 Å². The predicted octanol–water partition coefficient (Wildman–Crippen LogP) is 1.13. The van der Waals surface area contributed by atoms with E-state index in [2.05, 4.69) is 5.32 Å². The summed E-state index contributed by atoms with van der Waals surface area (Å²) in [6.45, 7) is 7.82. The van der Waals surface area contributed by atoms with Crippen LogP contribution in [0.5, 0.6) is 0 Å². The fourth-order valence-electron chi connectivity index (χ4n) is 1.31. The van der Waals surface area contributed by atoms with Crippen LogP contribution in [0.15, 0.2) is 0 Å².